The van der Waals surface area contributed by atoms with Crippen molar-refractivity contribution >= 4 is 6.29 Å². The molecule has 0 heterocycles. The zero-order valence-corrected chi connectivity index (χ0v) is 7.15. The number of ether oxygens (including phenoxy) is 1. The summed E-state index contributed by atoms with van der Waals surface area (Å²) in [6.07, 6.45) is 0.727. The molecule has 0 bridgehead atoms. The van der Waals surface area contributed by atoms with Crippen LogP contribution < -0.4 is 4.74 Å². The van der Waals surface area contributed by atoms with Crippen LogP contribution in [-0.4, -0.2) is 23.6 Å². The summed E-state index contributed by atoms with van der Waals surface area (Å²) in [5, 5.41) is 18.7. The van der Waals surface area contributed by atoms with Crippen molar-refractivity contribution in [2.45, 2.75) is 6.42 Å². The molecule has 0 fully saturated rings. The van der Waals surface area contributed by atoms with E-state index < -0.39 is 0 Å². The molecule has 0 saturated heterocycles. The Morgan fingerprint density at radius 3 is 2.62 bits per heavy atom. The molecule has 4 nitrogen and oxygen atoms in total. The SMILES string of the molecule is COc1ccc(CC=O)c(O)c1O. The molecule has 0 aromatic heterocycles. The number of hydrogen-bond donors (Lipinski definition) is 2. The third-order valence-electron chi connectivity index (χ3n) is 1.72. The third kappa shape index (κ3) is 1.72. The van der Waals surface area contributed by atoms with Crippen molar-refractivity contribution in [1.82, 2.24) is 0 Å². The van der Waals surface area contributed by atoms with Gasteiger partial charge in [-0.2, -0.15) is 0 Å². The number of hydrogen-bond acceptors (Lipinski definition) is 4. The van der Waals surface area contributed by atoms with Crippen molar-refractivity contribution in [3.05, 3.63) is 17.7 Å². The lowest BCUT2D eigenvalue weighted by Gasteiger charge is -2.07. The zero-order valence-electron chi connectivity index (χ0n) is 7.15. The van der Waals surface area contributed by atoms with Crippen molar-refractivity contribution in [3.63, 3.8) is 0 Å². The second kappa shape index (κ2) is 3.80. The summed E-state index contributed by atoms with van der Waals surface area (Å²) in [5.41, 5.74) is 0.383. The van der Waals surface area contributed by atoms with Gasteiger partial charge in [0, 0.05) is 12.0 Å². The first-order valence-electron chi connectivity index (χ1n) is 3.72. The largest absolute Gasteiger partial charge is 0.504 e. The Morgan fingerprint density at radius 2 is 2.08 bits per heavy atom. The number of carbonyl (C=O) groups excluding carboxylic acids is 1. The lowest BCUT2D eigenvalue weighted by molar-refractivity contribution is -0.107. The predicted molar refractivity (Wildman–Crippen MR) is 46.1 cm³/mol. The van der Waals surface area contributed by atoms with E-state index in [9.17, 15) is 15.0 Å². The summed E-state index contributed by atoms with van der Waals surface area (Å²) in [4.78, 5) is 10.2. The van der Waals surface area contributed by atoms with E-state index in [2.05, 4.69) is 0 Å². The van der Waals surface area contributed by atoms with Gasteiger partial charge in [0.15, 0.2) is 11.5 Å². The number of carbonyl (C=O) groups is 1. The summed E-state index contributed by atoms with van der Waals surface area (Å²) in [6, 6.07) is 3.02. The van der Waals surface area contributed by atoms with Crippen molar-refractivity contribution in [2.75, 3.05) is 7.11 Å². The molecule has 4 heteroatoms. The van der Waals surface area contributed by atoms with E-state index in [-0.39, 0.29) is 23.7 Å². The molecule has 0 atom stereocenters. The number of phenols is 2. The summed E-state index contributed by atoms with van der Waals surface area (Å²) in [6.45, 7) is 0. The molecule has 0 amide bonds. The Kier molecular flexibility index (Phi) is 2.74. The fraction of sp³-hybridized carbons (Fsp3) is 0.222. The highest BCUT2D eigenvalue weighted by atomic mass is 16.5. The highest BCUT2D eigenvalue weighted by Gasteiger charge is 2.10. The van der Waals surface area contributed by atoms with Gasteiger partial charge in [-0.05, 0) is 6.07 Å². The minimum absolute atomic E-state index is 0.0728. The predicted octanol–water partition coefficient (Wildman–Crippen LogP) is 0.848. The average molecular weight is 182 g/mol. The number of phenolic OH excluding ortho intramolecular Hbond substituents is 2. The van der Waals surface area contributed by atoms with E-state index in [1.165, 1.54) is 19.2 Å². The van der Waals surface area contributed by atoms with Gasteiger partial charge >= 0.3 is 0 Å². The molecule has 0 unspecified atom stereocenters. The quantitative estimate of drug-likeness (QED) is 0.537. The van der Waals surface area contributed by atoms with Crippen LogP contribution >= 0.6 is 0 Å². The Hall–Kier alpha value is -1.71. The van der Waals surface area contributed by atoms with E-state index in [0.717, 1.165) is 0 Å². The number of aldehydes is 1. The van der Waals surface area contributed by atoms with E-state index in [1.807, 2.05) is 0 Å². The molecule has 0 aliphatic carbocycles. The van der Waals surface area contributed by atoms with Crippen LogP contribution in [0, 0.1) is 0 Å². The first kappa shape index (κ1) is 9.38. The Morgan fingerprint density at radius 1 is 1.38 bits per heavy atom. The smallest absolute Gasteiger partial charge is 0.200 e. The molecule has 13 heavy (non-hydrogen) atoms. The zero-order chi connectivity index (χ0) is 9.84. The molecule has 0 saturated carbocycles. The molecule has 2 N–H and O–H groups in total. The van der Waals surface area contributed by atoms with Gasteiger partial charge in [-0.25, -0.2) is 0 Å². The summed E-state index contributed by atoms with van der Waals surface area (Å²) in [5.74, 6) is -0.444. The molecule has 0 radical (unpaired) electrons. The molecule has 1 rings (SSSR count). The second-order valence-corrected chi connectivity index (χ2v) is 2.49. The fourth-order valence-electron chi connectivity index (χ4n) is 1.02. The molecule has 0 spiro atoms. The molecule has 0 aliphatic rings. The van der Waals surface area contributed by atoms with Crippen LogP contribution in [-0.2, 0) is 11.2 Å². The number of methoxy groups -OCH3 is 1. The molecule has 0 aliphatic heterocycles. The molecule has 1 aromatic carbocycles. The normalized spacial score (nSPS) is 9.62. The summed E-state index contributed by atoms with van der Waals surface area (Å²) >= 11 is 0. The van der Waals surface area contributed by atoms with Gasteiger partial charge < -0.3 is 19.7 Å². The van der Waals surface area contributed by atoms with Crippen LogP contribution in [0.2, 0.25) is 0 Å². The monoisotopic (exact) mass is 182 g/mol. The van der Waals surface area contributed by atoms with Crippen molar-refractivity contribution in [2.24, 2.45) is 0 Å². The Bertz CT molecular complexity index is 320. The number of benzene rings is 1. The van der Waals surface area contributed by atoms with Gasteiger partial charge in [0.2, 0.25) is 5.75 Å². The van der Waals surface area contributed by atoms with E-state index in [4.69, 9.17) is 4.74 Å². The van der Waals surface area contributed by atoms with Crippen LogP contribution in [0.5, 0.6) is 17.2 Å². The minimum atomic E-state index is -0.332. The average Bonchev–Trinajstić information content (AvgIpc) is 2.14. The molecular formula is C9H10O4. The van der Waals surface area contributed by atoms with Crippen LogP contribution in [0.4, 0.5) is 0 Å². The summed E-state index contributed by atoms with van der Waals surface area (Å²) in [7, 11) is 1.38. The first-order chi connectivity index (χ1) is 6.20. The van der Waals surface area contributed by atoms with Crippen molar-refractivity contribution in [3.8, 4) is 17.2 Å². The minimum Gasteiger partial charge on any atom is -0.504 e. The third-order valence-corrected chi connectivity index (χ3v) is 1.72. The standard InChI is InChI=1S/C9H10O4/c1-13-7-3-2-6(4-5-10)8(11)9(7)12/h2-3,5,11-12H,4H2,1H3. The maximum absolute atomic E-state index is 10.2. The number of aromatic hydroxyl groups is 2. The lowest BCUT2D eigenvalue weighted by atomic mass is 10.1. The van der Waals surface area contributed by atoms with Crippen LogP contribution in [0.1, 0.15) is 5.56 Å². The van der Waals surface area contributed by atoms with Crippen molar-refractivity contribution in [1.29, 1.82) is 0 Å². The van der Waals surface area contributed by atoms with Gasteiger partial charge in [-0.1, -0.05) is 6.07 Å². The molecule has 70 valence electrons. The van der Waals surface area contributed by atoms with Crippen LogP contribution in [0.3, 0.4) is 0 Å². The Balaban J connectivity index is 3.14. The van der Waals surface area contributed by atoms with Crippen molar-refractivity contribution < 1.29 is 19.7 Å². The lowest BCUT2D eigenvalue weighted by Crippen LogP contribution is -1.90. The second-order valence-electron chi connectivity index (χ2n) is 2.49. The first-order valence-corrected chi connectivity index (χ1v) is 3.72. The van der Waals surface area contributed by atoms with Gasteiger partial charge in [0.1, 0.15) is 6.29 Å². The van der Waals surface area contributed by atoms with Gasteiger partial charge in [0.25, 0.3) is 0 Å². The maximum Gasteiger partial charge on any atom is 0.200 e. The highest BCUT2D eigenvalue weighted by Crippen LogP contribution is 2.37. The topological polar surface area (TPSA) is 66.8 Å². The van der Waals surface area contributed by atoms with Gasteiger partial charge in [0.05, 0.1) is 7.11 Å². The van der Waals surface area contributed by atoms with E-state index in [1.54, 1.807) is 0 Å². The van der Waals surface area contributed by atoms with Gasteiger partial charge in [-0.15, -0.1) is 0 Å². The van der Waals surface area contributed by atoms with Crippen LogP contribution in [0.15, 0.2) is 12.1 Å². The van der Waals surface area contributed by atoms with E-state index >= 15 is 0 Å². The highest BCUT2D eigenvalue weighted by molar-refractivity contribution is 5.62. The van der Waals surface area contributed by atoms with Crippen LogP contribution in [0.25, 0.3) is 0 Å². The molecule has 1 aromatic rings. The van der Waals surface area contributed by atoms with Gasteiger partial charge in [-0.3, -0.25) is 0 Å². The fourth-order valence-corrected chi connectivity index (χ4v) is 1.02. The van der Waals surface area contributed by atoms with E-state index in [0.29, 0.717) is 11.8 Å². The maximum atomic E-state index is 10.2. The Labute approximate surface area is 75.4 Å². The summed E-state index contributed by atoms with van der Waals surface area (Å²) < 4.78 is 4.76. The molecular weight excluding hydrogens is 172 g/mol. The number of rotatable bonds is 3.